The monoisotopic (exact) mass is 484 g/mol. The van der Waals surface area contributed by atoms with Gasteiger partial charge in [0.05, 0.1) is 10.6 Å². The van der Waals surface area contributed by atoms with Crippen molar-refractivity contribution in [2.75, 3.05) is 31.1 Å². The van der Waals surface area contributed by atoms with E-state index in [1.165, 1.54) is 41.3 Å². The molecule has 1 aliphatic rings. The first-order valence-corrected chi connectivity index (χ1v) is 12.2. The number of benzene rings is 3. The molecule has 1 amide bonds. The van der Waals surface area contributed by atoms with Crippen LogP contribution in [-0.2, 0) is 21.4 Å². The molecule has 0 spiro atoms. The van der Waals surface area contributed by atoms with Gasteiger partial charge in [0.25, 0.3) is 10.0 Å². The molecule has 9 heteroatoms. The molecule has 0 N–H and O–H groups in total. The lowest BCUT2D eigenvalue weighted by atomic mass is 10.1. The Morgan fingerprint density at radius 2 is 1.68 bits per heavy atom. The highest BCUT2D eigenvalue weighted by Gasteiger charge is 2.30. The molecule has 0 atom stereocenters. The van der Waals surface area contributed by atoms with E-state index in [9.17, 15) is 17.6 Å². The maximum Gasteiger partial charge on any atom is 0.264 e. The molecule has 0 saturated heterocycles. The highest BCUT2D eigenvalue weighted by Crippen LogP contribution is 2.34. The number of nitrogens with zero attached hydrogens (tertiary/aromatic N) is 2. The Bertz CT molecular complexity index is 1290. The molecule has 34 heavy (non-hydrogen) atoms. The van der Waals surface area contributed by atoms with Gasteiger partial charge < -0.3 is 14.4 Å². The number of rotatable bonds is 7. The summed E-state index contributed by atoms with van der Waals surface area (Å²) < 4.78 is 53.1. The quantitative estimate of drug-likeness (QED) is 0.511. The van der Waals surface area contributed by atoms with E-state index in [2.05, 4.69) is 0 Å². The van der Waals surface area contributed by atoms with Crippen molar-refractivity contribution in [3.05, 3.63) is 83.7 Å². The third kappa shape index (κ3) is 5.14. The van der Waals surface area contributed by atoms with Gasteiger partial charge in [0.15, 0.2) is 11.5 Å². The predicted octanol–water partition coefficient (Wildman–Crippen LogP) is 3.76. The number of sulfonamides is 1. The molecule has 3 aromatic carbocycles. The summed E-state index contributed by atoms with van der Waals surface area (Å²) in [7, 11) is -2.63. The topological polar surface area (TPSA) is 76.2 Å². The highest BCUT2D eigenvalue weighted by atomic mass is 32.2. The van der Waals surface area contributed by atoms with Gasteiger partial charge in [-0.15, -0.1) is 0 Å². The van der Waals surface area contributed by atoms with Gasteiger partial charge in [-0.1, -0.05) is 35.9 Å². The number of carbonyl (C=O) groups is 1. The fraction of sp³-hybridized carbons (Fsp3) is 0.240. The van der Waals surface area contributed by atoms with Crippen LogP contribution in [0.4, 0.5) is 10.1 Å². The lowest BCUT2D eigenvalue weighted by Crippen LogP contribution is -2.41. The van der Waals surface area contributed by atoms with Crippen LogP contribution in [0.3, 0.4) is 0 Å². The van der Waals surface area contributed by atoms with Crippen molar-refractivity contribution in [2.24, 2.45) is 0 Å². The lowest BCUT2D eigenvalue weighted by Gasteiger charge is -2.27. The van der Waals surface area contributed by atoms with Crippen LogP contribution in [-0.4, -0.2) is 46.0 Å². The number of aryl methyl sites for hydroxylation is 1. The maximum atomic E-state index is 14.0. The summed E-state index contributed by atoms with van der Waals surface area (Å²) in [5.41, 5.74) is 2.06. The zero-order valence-electron chi connectivity index (χ0n) is 18.9. The second kappa shape index (κ2) is 9.72. The van der Waals surface area contributed by atoms with E-state index < -0.39 is 28.3 Å². The van der Waals surface area contributed by atoms with Crippen LogP contribution in [0.15, 0.2) is 71.6 Å². The fourth-order valence-corrected chi connectivity index (χ4v) is 4.98. The normalized spacial score (nSPS) is 12.8. The Hall–Kier alpha value is -3.59. The second-order valence-electron chi connectivity index (χ2n) is 8.03. The SMILES string of the molecule is Cc1ccc(CN(C)C(=O)CN(c2cccc(F)c2)S(=O)(=O)c2ccc3c(c2)OCCO3)cc1. The minimum absolute atomic E-state index is 0.0481. The van der Waals surface area contributed by atoms with E-state index in [4.69, 9.17) is 9.47 Å². The molecule has 0 aromatic heterocycles. The molecule has 0 radical (unpaired) electrons. The van der Waals surface area contributed by atoms with Crippen molar-refractivity contribution < 1.29 is 27.1 Å². The number of halogens is 1. The van der Waals surface area contributed by atoms with Crippen LogP contribution in [0.2, 0.25) is 0 Å². The van der Waals surface area contributed by atoms with E-state index in [-0.39, 0.29) is 10.6 Å². The van der Waals surface area contributed by atoms with Crippen LogP contribution >= 0.6 is 0 Å². The largest absolute Gasteiger partial charge is 0.486 e. The van der Waals surface area contributed by atoms with Crippen LogP contribution in [0, 0.1) is 12.7 Å². The van der Waals surface area contributed by atoms with E-state index in [0.717, 1.165) is 21.5 Å². The average Bonchev–Trinajstić information content (AvgIpc) is 2.83. The van der Waals surface area contributed by atoms with Crippen LogP contribution in [0.5, 0.6) is 11.5 Å². The van der Waals surface area contributed by atoms with Crippen molar-refractivity contribution in [3.63, 3.8) is 0 Å². The Balaban J connectivity index is 1.64. The number of ether oxygens (including phenoxy) is 2. The summed E-state index contributed by atoms with van der Waals surface area (Å²) in [5.74, 6) is -0.308. The second-order valence-corrected chi connectivity index (χ2v) is 9.89. The molecule has 0 unspecified atom stereocenters. The first-order valence-electron chi connectivity index (χ1n) is 10.7. The third-order valence-corrected chi connectivity index (χ3v) is 7.21. The minimum atomic E-state index is -4.23. The molecule has 0 bridgehead atoms. The number of fused-ring (bicyclic) bond motifs is 1. The summed E-state index contributed by atoms with van der Waals surface area (Å²) >= 11 is 0. The number of amides is 1. The van der Waals surface area contributed by atoms with Crippen molar-refractivity contribution in [3.8, 4) is 11.5 Å². The van der Waals surface area contributed by atoms with E-state index in [1.54, 1.807) is 7.05 Å². The van der Waals surface area contributed by atoms with Gasteiger partial charge in [-0.25, -0.2) is 12.8 Å². The summed E-state index contributed by atoms with van der Waals surface area (Å²) in [5, 5.41) is 0. The molecule has 0 fully saturated rings. The van der Waals surface area contributed by atoms with Gasteiger partial charge in [-0.3, -0.25) is 9.10 Å². The summed E-state index contributed by atoms with van der Waals surface area (Å²) in [4.78, 5) is 14.4. The van der Waals surface area contributed by atoms with Crippen molar-refractivity contribution in [2.45, 2.75) is 18.4 Å². The lowest BCUT2D eigenvalue weighted by molar-refractivity contribution is -0.128. The van der Waals surface area contributed by atoms with Gasteiger partial charge in [0.2, 0.25) is 5.91 Å². The predicted molar refractivity (Wildman–Crippen MR) is 126 cm³/mol. The molecule has 4 rings (SSSR count). The number of carbonyl (C=O) groups excluding carboxylic acids is 1. The molecule has 0 aliphatic carbocycles. The number of anilines is 1. The Labute approximate surface area is 198 Å². The molecule has 1 aliphatic heterocycles. The first-order chi connectivity index (χ1) is 16.2. The van der Waals surface area contributed by atoms with Gasteiger partial charge >= 0.3 is 0 Å². The zero-order chi connectivity index (χ0) is 24.3. The van der Waals surface area contributed by atoms with Gasteiger partial charge in [0.1, 0.15) is 25.6 Å². The molecule has 178 valence electrons. The summed E-state index contributed by atoms with van der Waals surface area (Å²) in [6.07, 6.45) is 0. The summed E-state index contributed by atoms with van der Waals surface area (Å²) in [6, 6.07) is 17.1. The summed E-state index contributed by atoms with van der Waals surface area (Å²) in [6.45, 7) is 2.45. The Morgan fingerprint density at radius 3 is 2.38 bits per heavy atom. The van der Waals surface area contributed by atoms with Crippen molar-refractivity contribution in [1.82, 2.24) is 4.90 Å². The Kier molecular flexibility index (Phi) is 6.74. The van der Waals surface area contributed by atoms with Gasteiger partial charge in [0, 0.05) is 19.7 Å². The molecule has 3 aromatic rings. The number of hydrogen-bond acceptors (Lipinski definition) is 5. The molecular formula is C25H25FN2O5S. The standard InChI is InChI=1S/C25H25FN2O5S/c1-18-6-8-19(9-7-18)16-27(2)25(29)17-28(21-5-3-4-20(26)14-21)34(30,31)22-10-11-23-24(15-22)33-13-12-32-23/h3-11,14-15H,12-13,16-17H2,1-2H3. The average molecular weight is 485 g/mol. The minimum Gasteiger partial charge on any atom is -0.486 e. The van der Waals surface area contributed by atoms with Gasteiger partial charge in [-0.05, 0) is 42.8 Å². The zero-order valence-corrected chi connectivity index (χ0v) is 19.7. The molecule has 1 heterocycles. The van der Waals surface area contributed by atoms with Crippen molar-refractivity contribution >= 4 is 21.6 Å². The molecule has 7 nitrogen and oxygen atoms in total. The smallest absolute Gasteiger partial charge is 0.264 e. The highest BCUT2D eigenvalue weighted by molar-refractivity contribution is 7.92. The molecule has 0 saturated carbocycles. The number of hydrogen-bond donors (Lipinski definition) is 0. The van der Waals surface area contributed by atoms with E-state index >= 15 is 0 Å². The van der Waals surface area contributed by atoms with Crippen LogP contribution in [0.25, 0.3) is 0 Å². The third-order valence-electron chi connectivity index (χ3n) is 5.44. The first kappa shape index (κ1) is 23.6. The van der Waals surface area contributed by atoms with E-state index in [1.807, 2.05) is 31.2 Å². The maximum absolute atomic E-state index is 14.0. The number of likely N-dealkylation sites (N-methyl/N-ethyl adjacent to an activating group) is 1. The van der Waals surface area contributed by atoms with E-state index in [0.29, 0.717) is 31.3 Å². The van der Waals surface area contributed by atoms with Crippen LogP contribution in [0.1, 0.15) is 11.1 Å². The van der Waals surface area contributed by atoms with Gasteiger partial charge in [-0.2, -0.15) is 0 Å². The molecular weight excluding hydrogens is 459 g/mol. The Morgan fingerprint density at radius 1 is 0.971 bits per heavy atom. The fourth-order valence-electron chi connectivity index (χ4n) is 3.56. The van der Waals surface area contributed by atoms with Crippen molar-refractivity contribution in [1.29, 1.82) is 0 Å². The van der Waals surface area contributed by atoms with Crippen LogP contribution < -0.4 is 13.8 Å².